The van der Waals surface area contributed by atoms with E-state index in [9.17, 15) is 13.2 Å². The van der Waals surface area contributed by atoms with Crippen LogP contribution in [0, 0.1) is 11.8 Å². The van der Waals surface area contributed by atoms with Gasteiger partial charge in [-0.1, -0.05) is 6.42 Å². The Balaban J connectivity index is 1.51. The van der Waals surface area contributed by atoms with E-state index < -0.39 is 10.0 Å². The lowest BCUT2D eigenvalue weighted by Gasteiger charge is -2.27. The van der Waals surface area contributed by atoms with Crippen molar-refractivity contribution in [2.24, 2.45) is 11.8 Å². The molecule has 2 aliphatic carbocycles. The highest BCUT2D eigenvalue weighted by molar-refractivity contribution is 7.92. The number of ether oxygens (including phenoxy) is 2. The molecule has 0 spiro atoms. The van der Waals surface area contributed by atoms with Crippen LogP contribution in [-0.2, 0) is 14.8 Å². The maximum Gasteiger partial charge on any atom is 0.241 e. The molecule has 3 aliphatic rings. The van der Waals surface area contributed by atoms with Crippen LogP contribution in [0.4, 0.5) is 5.69 Å². The molecular weight excluding hydrogens is 356 g/mol. The zero-order chi connectivity index (χ0) is 18.3. The van der Waals surface area contributed by atoms with Crippen molar-refractivity contribution in [1.29, 1.82) is 0 Å². The fourth-order valence-electron chi connectivity index (χ4n) is 4.35. The number of hydrogen-bond acceptors (Lipinski definition) is 5. The molecule has 1 heterocycles. The summed E-state index contributed by atoms with van der Waals surface area (Å²) in [6.07, 6.45) is 4.62. The van der Waals surface area contributed by atoms with Gasteiger partial charge in [0.2, 0.25) is 22.7 Å². The number of nitrogens with zero attached hydrogens (tertiary/aromatic N) is 1. The number of amides is 1. The average Bonchev–Trinajstić information content (AvgIpc) is 3.35. The number of carbonyl (C=O) groups is 1. The van der Waals surface area contributed by atoms with E-state index in [0.29, 0.717) is 23.1 Å². The highest BCUT2D eigenvalue weighted by atomic mass is 32.2. The first-order valence-corrected chi connectivity index (χ1v) is 10.8. The molecule has 7 nitrogen and oxygen atoms in total. The summed E-state index contributed by atoms with van der Waals surface area (Å²) in [5.74, 6) is 2.00. The van der Waals surface area contributed by atoms with Crippen molar-refractivity contribution in [2.45, 2.75) is 38.6 Å². The van der Waals surface area contributed by atoms with Crippen molar-refractivity contribution in [1.82, 2.24) is 5.32 Å². The first kappa shape index (κ1) is 17.5. The third-order valence-corrected chi connectivity index (χ3v) is 7.46. The molecule has 142 valence electrons. The molecule has 1 aromatic rings. The van der Waals surface area contributed by atoms with E-state index in [2.05, 4.69) is 5.32 Å². The fraction of sp³-hybridized carbons (Fsp3) is 0.611. The van der Waals surface area contributed by atoms with Crippen LogP contribution in [0.25, 0.3) is 0 Å². The Hall–Kier alpha value is -1.96. The van der Waals surface area contributed by atoms with Crippen LogP contribution in [0.2, 0.25) is 0 Å². The number of rotatable bonds is 6. The van der Waals surface area contributed by atoms with Crippen LogP contribution >= 0.6 is 0 Å². The van der Waals surface area contributed by atoms with Crippen molar-refractivity contribution in [2.75, 3.05) is 23.4 Å². The van der Waals surface area contributed by atoms with Crippen LogP contribution in [0.3, 0.4) is 0 Å². The van der Waals surface area contributed by atoms with Crippen molar-refractivity contribution >= 4 is 21.6 Å². The van der Waals surface area contributed by atoms with Gasteiger partial charge in [-0.2, -0.15) is 0 Å². The van der Waals surface area contributed by atoms with Crippen LogP contribution in [-0.4, -0.2) is 39.5 Å². The van der Waals surface area contributed by atoms with E-state index in [1.807, 2.05) is 0 Å². The highest BCUT2D eigenvalue weighted by Gasteiger charge is 2.40. The number of carbonyl (C=O) groups excluding carboxylic acids is 1. The Bertz CT molecular complexity index is 810. The molecule has 0 radical (unpaired) electrons. The predicted molar refractivity (Wildman–Crippen MR) is 96.8 cm³/mol. The second-order valence-electron chi connectivity index (χ2n) is 7.29. The summed E-state index contributed by atoms with van der Waals surface area (Å²) >= 11 is 0. The first-order chi connectivity index (χ1) is 12.5. The molecule has 26 heavy (non-hydrogen) atoms. The summed E-state index contributed by atoms with van der Waals surface area (Å²) in [6.45, 7) is 1.47. The Morgan fingerprint density at radius 1 is 1.23 bits per heavy atom. The second-order valence-corrected chi connectivity index (χ2v) is 9.48. The molecule has 1 N–H and O–H groups in total. The molecule has 8 heteroatoms. The maximum atomic E-state index is 12.6. The number of sulfonamides is 1. The van der Waals surface area contributed by atoms with Crippen LogP contribution in [0.5, 0.6) is 11.5 Å². The zero-order valence-electron chi connectivity index (χ0n) is 14.8. The second kappa shape index (κ2) is 6.64. The van der Waals surface area contributed by atoms with Gasteiger partial charge in [0.15, 0.2) is 11.5 Å². The summed E-state index contributed by atoms with van der Waals surface area (Å²) in [5.41, 5.74) is 0.416. The van der Waals surface area contributed by atoms with Gasteiger partial charge in [0.05, 0.1) is 11.4 Å². The van der Waals surface area contributed by atoms with Gasteiger partial charge in [0.25, 0.3) is 0 Å². The molecule has 3 atom stereocenters. The number of hydrogen-bond donors (Lipinski definition) is 1. The predicted octanol–water partition coefficient (Wildman–Crippen LogP) is 1.88. The van der Waals surface area contributed by atoms with E-state index in [1.54, 1.807) is 25.1 Å². The molecule has 2 saturated carbocycles. The number of fused-ring (bicyclic) bond motifs is 3. The quantitative estimate of drug-likeness (QED) is 0.814. The molecule has 0 unspecified atom stereocenters. The molecule has 1 aliphatic heterocycles. The SMILES string of the molecule is CCS(=O)(=O)N(CC(=O)N[C@@H]1C[C@H]2CC[C@H]1C2)c1ccc2c(c1)OCO2. The monoisotopic (exact) mass is 380 g/mol. The lowest BCUT2D eigenvalue weighted by molar-refractivity contribution is -0.120. The minimum atomic E-state index is -3.59. The summed E-state index contributed by atoms with van der Waals surface area (Å²) in [5, 5.41) is 3.06. The lowest BCUT2D eigenvalue weighted by atomic mass is 9.95. The Kier molecular flexibility index (Phi) is 4.46. The van der Waals surface area contributed by atoms with Crippen molar-refractivity contribution in [3.05, 3.63) is 18.2 Å². The van der Waals surface area contributed by atoms with Gasteiger partial charge in [-0.25, -0.2) is 8.42 Å². The van der Waals surface area contributed by atoms with Gasteiger partial charge >= 0.3 is 0 Å². The van der Waals surface area contributed by atoms with Gasteiger partial charge in [-0.05, 0) is 50.2 Å². The number of nitrogens with one attached hydrogen (secondary N) is 1. The topological polar surface area (TPSA) is 84.9 Å². The standard InChI is InChI=1S/C18H24N2O5S/c1-2-26(22,23)20(14-5-6-16-17(9-14)25-11-24-16)10-18(21)19-15-8-12-3-4-13(15)7-12/h5-6,9,12-13,15H,2-4,7-8,10-11H2,1H3,(H,19,21)/t12-,13-,15+/m0/s1. The lowest BCUT2D eigenvalue weighted by Crippen LogP contribution is -2.46. The molecular formula is C18H24N2O5S. The molecule has 0 aromatic heterocycles. The first-order valence-electron chi connectivity index (χ1n) is 9.15. The third-order valence-electron chi connectivity index (χ3n) is 5.72. The van der Waals surface area contributed by atoms with Crippen LogP contribution in [0.15, 0.2) is 18.2 Å². The number of benzene rings is 1. The molecule has 1 amide bonds. The van der Waals surface area contributed by atoms with Crippen molar-refractivity contribution < 1.29 is 22.7 Å². The minimum absolute atomic E-state index is 0.0805. The van der Waals surface area contributed by atoms with Gasteiger partial charge in [0, 0.05) is 12.1 Å². The third kappa shape index (κ3) is 3.22. The maximum absolute atomic E-state index is 12.6. The summed E-state index contributed by atoms with van der Waals surface area (Å²) in [4.78, 5) is 12.6. The van der Waals surface area contributed by atoms with E-state index in [0.717, 1.165) is 23.1 Å². The Morgan fingerprint density at radius 3 is 2.73 bits per heavy atom. The van der Waals surface area contributed by atoms with Crippen molar-refractivity contribution in [3.63, 3.8) is 0 Å². The largest absolute Gasteiger partial charge is 0.454 e. The van der Waals surface area contributed by atoms with E-state index >= 15 is 0 Å². The van der Waals surface area contributed by atoms with E-state index in [-0.39, 0.29) is 31.0 Å². The molecule has 0 saturated heterocycles. The van der Waals surface area contributed by atoms with Gasteiger partial charge in [-0.3, -0.25) is 9.10 Å². The summed E-state index contributed by atoms with van der Waals surface area (Å²) in [7, 11) is -3.59. The van der Waals surface area contributed by atoms with Crippen molar-refractivity contribution in [3.8, 4) is 11.5 Å². The molecule has 2 fully saturated rings. The summed E-state index contributed by atoms with van der Waals surface area (Å²) in [6, 6.07) is 5.11. The average molecular weight is 380 g/mol. The zero-order valence-corrected chi connectivity index (χ0v) is 15.6. The number of anilines is 1. The molecule has 1 aromatic carbocycles. The smallest absolute Gasteiger partial charge is 0.241 e. The Labute approximate surface area is 153 Å². The van der Waals surface area contributed by atoms with Gasteiger partial charge in [0.1, 0.15) is 6.54 Å². The normalized spacial score (nSPS) is 26.1. The van der Waals surface area contributed by atoms with E-state index in [1.165, 1.54) is 12.8 Å². The Morgan fingerprint density at radius 2 is 2.04 bits per heavy atom. The molecule has 2 bridgehead atoms. The van der Waals surface area contributed by atoms with Gasteiger partial charge in [-0.15, -0.1) is 0 Å². The molecule has 4 rings (SSSR count). The van der Waals surface area contributed by atoms with Gasteiger partial charge < -0.3 is 14.8 Å². The minimum Gasteiger partial charge on any atom is -0.454 e. The van der Waals surface area contributed by atoms with E-state index in [4.69, 9.17) is 9.47 Å². The fourth-order valence-corrected chi connectivity index (χ4v) is 5.41. The van der Waals surface area contributed by atoms with Crippen LogP contribution < -0.4 is 19.1 Å². The highest BCUT2D eigenvalue weighted by Crippen LogP contribution is 2.44. The summed E-state index contributed by atoms with van der Waals surface area (Å²) < 4.78 is 36.9. The van der Waals surface area contributed by atoms with Crippen LogP contribution in [0.1, 0.15) is 32.6 Å².